The molecule has 0 saturated heterocycles. The molecule has 3 nitrogen and oxygen atoms in total. The Balaban J connectivity index is 1.69. The summed E-state index contributed by atoms with van der Waals surface area (Å²) in [7, 11) is 2.25. The van der Waals surface area contributed by atoms with Crippen LogP contribution in [0.5, 0.6) is 0 Å². The van der Waals surface area contributed by atoms with Crippen LogP contribution in [0.1, 0.15) is 64.2 Å². The first-order valence-electron chi connectivity index (χ1n) is 8.03. The van der Waals surface area contributed by atoms with E-state index in [4.69, 9.17) is 11.0 Å². The van der Waals surface area contributed by atoms with E-state index in [1.165, 1.54) is 45.1 Å². The summed E-state index contributed by atoms with van der Waals surface area (Å²) in [5.74, 6) is 0.965. The van der Waals surface area contributed by atoms with Crippen LogP contribution in [0, 0.1) is 17.2 Å². The Morgan fingerprint density at radius 1 is 1.16 bits per heavy atom. The van der Waals surface area contributed by atoms with E-state index < -0.39 is 5.54 Å². The van der Waals surface area contributed by atoms with Crippen LogP contribution in [0.15, 0.2) is 0 Å². The van der Waals surface area contributed by atoms with E-state index in [0.717, 1.165) is 31.6 Å². The Labute approximate surface area is 118 Å². The third-order valence-corrected chi connectivity index (χ3v) is 5.31. The van der Waals surface area contributed by atoms with E-state index in [0.29, 0.717) is 6.04 Å². The van der Waals surface area contributed by atoms with Crippen LogP contribution in [-0.4, -0.2) is 30.1 Å². The first-order chi connectivity index (χ1) is 9.13. The summed E-state index contributed by atoms with van der Waals surface area (Å²) in [4.78, 5) is 2.52. The molecule has 0 spiro atoms. The molecule has 3 heteroatoms. The van der Waals surface area contributed by atoms with Gasteiger partial charge in [-0.1, -0.05) is 32.1 Å². The first-order valence-corrected chi connectivity index (χ1v) is 8.03. The number of hydrogen-bond donors (Lipinski definition) is 1. The Morgan fingerprint density at radius 2 is 1.79 bits per heavy atom. The molecule has 2 N–H and O–H groups in total. The van der Waals surface area contributed by atoms with Gasteiger partial charge in [-0.25, -0.2) is 0 Å². The van der Waals surface area contributed by atoms with Crippen LogP contribution in [0.3, 0.4) is 0 Å². The molecule has 2 aliphatic carbocycles. The van der Waals surface area contributed by atoms with Gasteiger partial charge >= 0.3 is 0 Å². The largest absolute Gasteiger partial charge is 0.313 e. The van der Waals surface area contributed by atoms with Crippen molar-refractivity contribution in [2.75, 3.05) is 13.6 Å². The van der Waals surface area contributed by atoms with Gasteiger partial charge in [0.05, 0.1) is 6.07 Å². The van der Waals surface area contributed by atoms with Crippen molar-refractivity contribution in [1.29, 1.82) is 5.26 Å². The highest BCUT2D eigenvalue weighted by Gasteiger charge is 2.33. The maximum atomic E-state index is 9.06. The molecular formula is C16H29N3. The summed E-state index contributed by atoms with van der Waals surface area (Å²) < 4.78 is 0. The third-order valence-electron chi connectivity index (χ3n) is 5.31. The smallest absolute Gasteiger partial charge is 0.104 e. The summed E-state index contributed by atoms with van der Waals surface area (Å²) in [6.45, 7) is 1.22. The van der Waals surface area contributed by atoms with Crippen LogP contribution in [0.2, 0.25) is 0 Å². The van der Waals surface area contributed by atoms with E-state index in [1.807, 2.05) is 0 Å². The van der Waals surface area contributed by atoms with Gasteiger partial charge in [0.15, 0.2) is 0 Å². The topological polar surface area (TPSA) is 53.0 Å². The molecule has 0 aromatic carbocycles. The maximum Gasteiger partial charge on any atom is 0.104 e. The molecular weight excluding hydrogens is 234 g/mol. The molecule has 0 unspecified atom stereocenters. The average molecular weight is 263 g/mol. The molecule has 2 saturated carbocycles. The molecule has 0 amide bonds. The molecule has 19 heavy (non-hydrogen) atoms. The zero-order chi connectivity index (χ0) is 13.7. The quantitative estimate of drug-likeness (QED) is 0.848. The molecule has 0 heterocycles. The lowest BCUT2D eigenvalue weighted by Gasteiger charge is -2.37. The predicted molar refractivity (Wildman–Crippen MR) is 78.6 cm³/mol. The first kappa shape index (κ1) is 14.8. The lowest BCUT2D eigenvalue weighted by atomic mass is 9.80. The number of hydrogen-bond acceptors (Lipinski definition) is 3. The summed E-state index contributed by atoms with van der Waals surface area (Å²) in [5.41, 5.74) is 5.49. The molecule has 2 rings (SSSR count). The highest BCUT2D eigenvalue weighted by Crippen LogP contribution is 2.30. The molecule has 0 radical (unpaired) electrons. The summed E-state index contributed by atoms with van der Waals surface area (Å²) >= 11 is 0. The minimum Gasteiger partial charge on any atom is -0.313 e. The monoisotopic (exact) mass is 263 g/mol. The zero-order valence-corrected chi connectivity index (χ0v) is 12.4. The Hall–Kier alpha value is -0.590. The van der Waals surface area contributed by atoms with Crippen LogP contribution in [0.25, 0.3) is 0 Å². The van der Waals surface area contributed by atoms with Gasteiger partial charge in [-0.3, -0.25) is 0 Å². The number of nitrogens with two attached hydrogens (primary N) is 1. The third kappa shape index (κ3) is 4.19. The van der Waals surface area contributed by atoms with Crippen molar-refractivity contribution in [3.63, 3.8) is 0 Å². The van der Waals surface area contributed by atoms with E-state index >= 15 is 0 Å². The predicted octanol–water partition coefficient (Wildman–Crippen LogP) is 3.05. The minimum atomic E-state index is -0.541. The lowest BCUT2D eigenvalue weighted by Crippen LogP contribution is -2.47. The van der Waals surface area contributed by atoms with E-state index in [9.17, 15) is 0 Å². The molecule has 0 atom stereocenters. The van der Waals surface area contributed by atoms with Gasteiger partial charge < -0.3 is 10.6 Å². The van der Waals surface area contributed by atoms with Crippen molar-refractivity contribution in [2.45, 2.75) is 75.8 Å². The van der Waals surface area contributed by atoms with Gasteiger partial charge in [0, 0.05) is 6.04 Å². The Bertz CT molecular complexity index is 306. The molecule has 108 valence electrons. The van der Waals surface area contributed by atoms with Crippen molar-refractivity contribution < 1.29 is 0 Å². The van der Waals surface area contributed by atoms with E-state index in [2.05, 4.69) is 18.0 Å². The second-order valence-corrected chi connectivity index (χ2v) is 6.77. The highest BCUT2D eigenvalue weighted by molar-refractivity contribution is 5.07. The highest BCUT2D eigenvalue weighted by atomic mass is 15.1. The van der Waals surface area contributed by atoms with Gasteiger partial charge in [0.1, 0.15) is 5.54 Å². The van der Waals surface area contributed by atoms with Crippen molar-refractivity contribution in [3.8, 4) is 6.07 Å². The minimum absolute atomic E-state index is 0.541. The SMILES string of the molecule is CN(CCC1CCCCC1)C1CCC(N)(C#N)CC1. The molecule has 2 aliphatic rings. The fraction of sp³-hybridized carbons (Fsp3) is 0.938. The second kappa shape index (κ2) is 6.72. The fourth-order valence-corrected chi connectivity index (χ4v) is 3.71. The number of nitriles is 1. The Kier molecular flexibility index (Phi) is 5.24. The molecule has 2 fully saturated rings. The average Bonchev–Trinajstić information content (AvgIpc) is 2.47. The van der Waals surface area contributed by atoms with Crippen molar-refractivity contribution in [3.05, 3.63) is 0 Å². The molecule has 0 bridgehead atoms. The summed E-state index contributed by atoms with van der Waals surface area (Å²) in [6, 6.07) is 2.93. The fourth-order valence-electron chi connectivity index (χ4n) is 3.71. The van der Waals surface area contributed by atoms with Crippen molar-refractivity contribution >= 4 is 0 Å². The van der Waals surface area contributed by atoms with E-state index in [1.54, 1.807) is 0 Å². The maximum absolute atomic E-state index is 9.06. The molecule has 0 aliphatic heterocycles. The van der Waals surface area contributed by atoms with Gasteiger partial charge in [-0.05, 0) is 51.6 Å². The van der Waals surface area contributed by atoms with Crippen LogP contribution < -0.4 is 5.73 Å². The molecule has 0 aromatic rings. The number of rotatable bonds is 4. The van der Waals surface area contributed by atoms with E-state index in [-0.39, 0.29) is 0 Å². The molecule has 0 aromatic heterocycles. The number of nitrogens with zero attached hydrogens (tertiary/aromatic N) is 2. The van der Waals surface area contributed by atoms with Crippen LogP contribution >= 0.6 is 0 Å². The van der Waals surface area contributed by atoms with Gasteiger partial charge in [-0.2, -0.15) is 5.26 Å². The van der Waals surface area contributed by atoms with Crippen LogP contribution in [-0.2, 0) is 0 Å². The standard InChI is InChI=1S/C16H29N3/c1-19(12-9-14-5-3-2-4-6-14)15-7-10-16(18,13-17)11-8-15/h14-15H,2-12,18H2,1H3. The van der Waals surface area contributed by atoms with Gasteiger partial charge in [0.25, 0.3) is 0 Å². The summed E-state index contributed by atoms with van der Waals surface area (Å²) in [6.07, 6.45) is 12.5. The zero-order valence-electron chi connectivity index (χ0n) is 12.4. The second-order valence-electron chi connectivity index (χ2n) is 6.77. The summed E-state index contributed by atoms with van der Waals surface area (Å²) in [5, 5.41) is 9.06. The van der Waals surface area contributed by atoms with Crippen LogP contribution in [0.4, 0.5) is 0 Å². The normalized spacial score (nSPS) is 33.3. The van der Waals surface area contributed by atoms with Crippen molar-refractivity contribution in [2.24, 2.45) is 11.7 Å². The Morgan fingerprint density at radius 3 is 2.37 bits per heavy atom. The van der Waals surface area contributed by atoms with Gasteiger partial charge in [0.2, 0.25) is 0 Å². The van der Waals surface area contributed by atoms with Gasteiger partial charge in [-0.15, -0.1) is 0 Å². The lowest BCUT2D eigenvalue weighted by molar-refractivity contribution is 0.154. The van der Waals surface area contributed by atoms with Crippen molar-refractivity contribution in [1.82, 2.24) is 4.90 Å².